The lowest BCUT2D eigenvalue weighted by molar-refractivity contribution is -0.140. The number of carbonyl (C=O) groups excluding carboxylic acids is 3. The highest BCUT2D eigenvalue weighted by molar-refractivity contribution is 6.03. The fourth-order valence-electron chi connectivity index (χ4n) is 4.96. The maximum atomic E-state index is 13.7. The minimum Gasteiger partial charge on any atom is -0.343 e. The third-order valence-electron chi connectivity index (χ3n) is 7.25. The molecule has 0 saturated carbocycles. The zero-order chi connectivity index (χ0) is 28.6. The molecular formula is C30H45N5O3. The molecule has 1 aromatic carbocycles. The van der Waals surface area contributed by atoms with Crippen LogP contribution in [-0.4, -0.2) is 65.3 Å². The Hall–Kier alpha value is -3.18. The predicted octanol–water partition coefficient (Wildman–Crippen LogP) is 4.33. The van der Waals surface area contributed by atoms with Gasteiger partial charge in [0.15, 0.2) is 0 Å². The number of anilines is 1. The van der Waals surface area contributed by atoms with Gasteiger partial charge in [0.2, 0.25) is 11.8 Å². The first-order chi connectivity index (χ1) is 17.9. The lowest BCUT2D eigenvalue weighted by atomic mass is 9.95. The summed E-state index contributed by atoms with van der Waals surface area (Å²) in [5, 5.41) is 15.0. The maximum Gasteiger partial charge on any atom is 0.251 e. The van der Waals surface area contributed by atoms with Gasteiger partial charge in [0.05, 0.1) is 23.7 Å². The van der Waals surface area contributed by atoms with E-state index in [-0.39, 0.29) is 47.7 Å². The molecule has 38 heavy (non-hydrogen) atoms. The number of nitriles is 1. The third-order valence-corrected chi connectivity index (χ3v) is 7.25. The van der Waals surface area contributed by atoms with Gasteiger partial charge in [-0.05, 0) is 70.2 Å². The highest BCUT2D eigenvalue weighted by Crippen LogP contribution is 2.22. The molecule has 3 atom stereocenters. The Labute approximate surface area is 228 Å². The number of hydrogen-bond acceptors (Lipinski definition) is 5. The fourth-order valence-corrected chi connectivity index (χ4v) is 4.96. The van der Waals surface area contributed by atoms with E-state index in [1.54, 1.807) is 49.2 Å². The summed E-state index contributed by atoms with van der Waals surface area (Å²) in [5.41, 5.74) is 1.46. The molecule has 208 valence electrons. The number of likely N-dealkylation sites (N-methyl/N-ethyl adjacent to an activating group) is 1. The molecule has 0 bridgehead atoms. The molecule has 0 aromatic heterocycles. The Balaban J connectivity index is 2.19. The number of piperidine rings is 1. The number of benzene rings is 1. The van der Waals surface area contributed by atoms with Crippen molar-refractivity contribution < 1.29 is 14.4 Å². The van der Waals surface area contributed by atoms with E-state index in [0.29, 0.717) is 16.8 Å². The number of likely N-dealkylation sites (tertiary alicyclic amines) is 1. The van der Waals surface area contributed by atoms with Crippen molar-refractivity contribution >= 4 is 23.4 Å². The Morgan fingerprint density at radius 2 is 1.79 bits per heavy atom. The molecule has 1 saturated heterocycles. The summed E-state index contributed by atoms with van der Waals surface area (Å²) in [5.74, 6) is -0.632. The number of carbonyl (C=O) groups is 3. The van der Waals surface area contributed by atoms with Gasteiger partial charge in [0.1, 0.15) is 6.04 Å². The SMILES string of the molecule is C/C(=C\[C@H](C(C)C)N(C)C(=O)[C@@H](NC(=O)C1CCCCN1C(C)C)C(C)C)C(=O)Nc1cccc(C#N)c1. The summed E-state index contributed by atoms with van der Waals surface area (Å²) in [6.45, 7) is 14.7. The van der Waals surface area contributed by atoms with E-state index in [0.717, 1.165) is 25.8 Å². The lowest BCUT2D eigenvalue weighted by Crippen LogP contribution is -2.58. The van der Waals surface area contributed by atoms with E-state index >= 15 is 0 Å². The molecule has 1 heterocycles. The van der Waals surface area contributed by atoms with Gasteiger partial charge >= 0.3 is 0 Å². The van der Waals surface area contributed by atoms with Crippen LogP contribution in [0.25, 0.3) is 0 Å². The summed E-state index contributed by atoms with van der Waals surface area (Å²) in [7, 11) is 1.73. The zero-order valence-corrected chi connectivity index (χ0v) is 24.2. The van der Waals surface area contributed by atoms with Gasteiger partial charge in [0.25, 0.3) is 5.91 Å². The van der Waals surface area contributed by atoms with Gasteiger partial charge in [-0.15, -0.1) is 0 Å². The van der Waals surface area contributed by atoms with Gasteiger partial charge in [-0.1, -0.05) is 46.3 Å². The van der Waals surface area contributed by atoms with E-state index < -0.39 is 6.04 Å². The summed E-state index contributed by atoms with van der Waals surface area (Å²) in [4.78, 5) is 43.8. The molecule has 0 spiro atoms. The van der Waals surface area contributed by atoms with E-state index in [4.69, 9.17) is 5.26 Å². The van der Waals surface area contributed by atoms with Crippen LogP contribution in [0.3, 0.4) is 0 Å². The summed E-state index contributed by atoms with van der Waals surface area (Å²) in [6, 6.07) is 7.81. The van der Waals surface area contributed by atoms with Crippen molar-refractivity contribution in [1.82, 2.24) is 15.1 Å². The van der Waals surface area contributed by atoms with Crippen LogP contribution in [0.15, 0.2) is 35.9 Å². The van der Waals surface area contributed by atoms with Crippen molar-refractivity contribution in [3.05, 3.63) is 41.5 Å². The average Bonchev–Trinajstić information content (AvgIpc) is 2.88. The molecule has 2 N–H and O–H groups in total. The van der Waals surface area contributed by atoms with Crippen molar-refractivity contribution in [1.29, 1.82) is 5.26 Å². The fraction of sp³-hybridized carbons (Fsp3) is 0.600. The van der Waals surface area contributed by atoms with Gasteiger partial charge in [0, 0.05) is 24.4 Å². The average molecular weight is 524 g/mol. The second-order valence-corrected chi connectivity index (χ2v) is 11.3. The molecular weight excluding hydrogens is 478 g/mol. The Morgan fingerprint density at radius 3 is 2.37 bits per heavy atom. The molecule has 0 radical (unpaired) electrons. The van der Waals surface area contributed by atoms with Gasteiger partial charge in [-0.2, -0.15) is 5.26 Å². The van der Waals surface area contributed by atoms with Crippen LogP contribution in [0, 0.1) is 23.2 Å². The minimum atomic E-state index is -0.666. The van der Waals surface area contributed by atoms with Crippen molar-refractivity contribution in [3.8, 4) is 6.07 Å². The number of rotatable bonds is 10. The van der Waals surface area contributed by atoms with Crippen LogP contribution in [-0.2, 0) is 14.4 Å². The summed E-state index contributed by atoms with van der Waals surface area (Å²) in [6.07, 6.45) is 4.68. The van der Waals surface area contributed by atoms with Crippen LogP contribution in [0.1, 0.15) is 73.3 Å². The largest absolute Gasteiger partial charge is 0.343 e. The summed E-state index contributed by atoms with van der Waals surface area (Å²) >= 11 is 0. The quantitative estimate of drug-likeness (QED) is 0.444. The molecule has 1 fully saturated rings. The van der Waals surface area contributed by atoms with Crippen molar-refractivity contribution in [2.75, 3.05) is 18.9 Å². The monoisotopic (exact) mass is 523 g/mol. The first kappa shape index (κ1) is 31.0. The van der Waals surface area contributed by atoms with Crippen molar-refractivity contribution in [2.24, 2.45) is 11.8 Å². The molecule has 2 rings (SSSR count). The van der Waals surface area contributed by atoms with E-state index in [1.807, 2.05) is 27.7 Å². The van der Waals surface area contributed by atoms with Crippen LogP contribution in [0.2, 0.25) is 0 Å². The maximum absolute atomic E-state index is 13.7. The first-order valence-electron chi connectivity index (χ1n) is 13.7. The lowest BCUT2D eigenvalue weighted by Gasteiger charge is -2.39. The molecule has 0 aliphatic carbocycles. The molecule has 8 nitrogen and oxygen atoms in total. The Bertz CT molecular complexity index is 1060. The molecule has 3 amide bonds. The minimum absolute atomic E-state index is 0.0342. The number of hydrogen-bond donors (Lipinski definition) is 2. The zero-order valence-electron chi connectivity index (χ0n) is 24.2. The van der Waals surface area contributed by atoms with E-state index in [2.05, 4.69) is 35.5 Å². The summed E-state index contributed by atoms with van der Waals surface area (Å²) < 4.78 is 0. The van der Waals surface area contributed by atoms with E-state index in [9.17, 15) is 14.4 Å². The predicted molar refractivity (Wildman–Crippen MR) is 151 cm³/mol. The highest BCUT2D eigenvalue weighted by Gasteiger charge is 2.36. The molecule has 1 aliphatic rings. The molecule has 8 heteroatoms. The van der Waals surface area contributed by atoms with Crippen molar-refractivity contribution in [2.45, 2.75) is 91.9 Å². The van der Waals surface area contributed by atoms with Crippen LogP contribution in [0.4, 0.5) is 5.69 Å². The second-order valence-electron chi connectivity index (χ2n) is 11.3. The number of nitrogens with zero attached hydrogens (tertiary/aromatic N) is 3. The molecule has 1 unspecified atom stereocenters. The van der Waals surface area contributed by atoms with Gasteiger partial charge < -0.3 is 15.5 Å². The third kappa shape index (κ3) is 8.16. The van der Waals surface area contributed by atoms with Crippen molar-refractivity contribution in [3.63, 3.8) is 0 Å². The Morgan fingerprint density at radius 1 is 1.11 bits per heavy atom. The first-order valence-corrected chi connectivity index (χ1v) is 13.7. The molecule has 1 aromatic rings. The van der Waals surface area contributed by atoms with Gasteiger partial charge in [-0.3, -0.25) is 19.3 Å². The number of nitrogens with one attached hydrogen (secondary N) is 2. The standard InChI is InChI=1S/C30H45N5O3/c1-19(2)26(16-22(7)28(36)32-24-13-11-12-23(17-24)18-31)34(8)30(38)27(20(3)4)33-29(37)25-14-9-10-15-35(25)21(5)6/h11-13,16-17,19-21,25-27H,9-10,14-15H2,1-8H3,(H,32,36)(H,33,37)/b22-16+/t25?,26-,27+/m1/s1. The van der Waals surface area contributed by atoms with Crippen LogP contribution < -0.4 is 10.6 Å². The van der Waals surface area contributed by atoms with E-state index in [1.165, 1.54) is 0 Å². The second kappa shape index (κ2) is 14.1. The Kier molecular flexibility index (Phi) is 11.5. The highest BCUT2D eigenvalue weighted by atomic mass is 16.2. The molecule has 1 aliphatic heterocycles. The van der Waals surface area contributed by atoms with Crippen LogP contribution >= 0.6 is 0 Å². The number of amides is 3. The van der Waals surface area contributed by atoms with Gasteiger partial charge in [-0.25, -0.2) is 0 Å². The topological polar surface area (TPSA) is 106 Å². The smallest absolute Gasteiger partial charge is 0.251 e. The normalized spacial score (nSPS) is 18.2. The van der Waals surface area contributed by atoms with Crippen LogP contribution in [0.5, 0.6) is 0 Å².